The van der Waals surface area contributed by atoms with Gasteiger partial charge in [-0.3, -0.25) is 0 Å². The summed E-state index contributed by atoms with van der Waals surface area (Å²) >= 11 is 0. The SMILES string of the molecule is CS(=O)(=O)C1CCCC(C(O)c2c(F)cc(F)cc2F)C1. The van der Waals surface area contributed by atoms with Gasteiger partial charge in [0.05, 0.1) is 16.9 Å². The molecular weight excluding hydrogens is 305 g/mol. The molecule has 3 unspecified atom stereocenters. The quantitative estimate of drug-likeness (QED) is 0.931. The molecule has 0 amide bonds. The van der Waals surface area contributed by atoms with Crippen molar-refractivity contribution in [3.8, 4) is 0 Å². The van der Waals surface area contributed by atoms with E-state index < -0.39 is 50.1 Å². The summed E-state index contributed by atoms with van der Waals surface area (Å²) in [7, 11) is -3.26. The Morgan fingerprint density at radius 2 is 1.76 bits per heavy atom. The zero-order chi connectivity index (χ0) is 15.8. The van der Waals surface area contributed by atoms with Crippen LogP contribution >= 0.6 is 0 Å². The maximum atomic E-state index is 13.7. The molecule has 1 saturated carbocycles. The first-order chi connectivity index (χ1) is 9.70. The van der Waals surface area contributed by atoms with E-state index in [1.165, 1.54) is 0 Å². The van der Waals surface area contributed by atoms with Gasteiger partial charge in [-0.1, -0.05) is 6.42 Å². The normalized spacial score (nSPS) is 24.8. The molecular formula is C14H17F3O3S. The number of benzene rings is 1. The van der Waals surface area contributed by atoms with Crippen LogP contribution in [0.3, 0.4) is 0 Å². The molecule has 118 valence electrons. The van der Waals surface area contributed by atoms with Crippen molar-refractivity contribution in [1.82, 2.24) is 0 Å². The van der Waals surface area contributed by atoms with Crippen molar-refractivity contribution in [2.24, 2.45) is 5.92 Å². The molecule has 1 aliphatic rings. The Morgan fingerprint density at radius 3 is 2.29 bits per heavy atom. The average molecular weight is 322 g/mol. The second kappa shape index (κ2) is 5.96. The number of hydrogen-bond acceptors (Lipinski definition) is 3. The Morgan fingerprint density at radius 1 is 1.19 bits per heavy atom. The van der Waals surface area contributed by atoms with E-state index in [1.54, 1.807) is 0 Å². The van der Waals surface area contributed by atoms with Gasteiger partial charge in [-0.15, -0.1) is 0 Å². The second-order valence-corrected chi connectivity index (χ2v) is 7.93. The van der Waals surface area contributed by atoms with E-state index in [9.17, 15) is 26.7 Å². The molecule has 1 aromatic rings. The number of aliphatic hydroxyl groups is 1. The van der Waals surface area contributed by atoms with Crippen molar-refractivity contribution < 1.29 is 26.7 Å². The molecule has 0 radical (unpaired) electrons. The Labute approximate surface area is 121 Å². The molecule has 1 aliphatic carbocycles. The van der Waals surface area contributed by atoms with E-state index in [-0.39, 0.29) is 6.42 Å². The van der Waals surface area contributed by atoms with Gasteiger partial charge in [-0.2, -0.15) is 0 Å². The van der Waals surface area contributed by atoms with Crippen molar-refractivity contribution in [2.75, 3.05) is 6.26 Å². The summed E-state index contributed by atoms with van der Waals surface area (Å²) in [6.45, 7) is 0. The van der Waals surface area contributed by atoms with Crippen LogP contribution in [0.2, 0.25) is 0 Å². The van der Waals surface area contributed by atoms with Crippen LogP contribution in [0, 0.1) is 23.4 Å². The first-order valence-electron chi connectivity index (χ1n) is 6.71. The Balaban J connectivity index is 2.26. The summed E-state index contributed by atoms with van der Waals surface area (Å²) in [6.07, 6.45) is 1.31. The fourth-order valence-electron chi connectivity index (χ4n) is 2.93. The molecule has 21 heavy (non-hydrogen) atoms. The van der Waals surface area contributed by atoms with Crippen LogP contribution in [0.1, 0.15) is 37.4 Å². The molecule has 0 aromatic heterocycles. The molecule has 2 rings (SSSR count). The van der Waals surface area contributed by atoms with Crippen molar-refractivity contribution in [3.05, 3.63) is 35.1 Å². The summed E-state index contributed by atoms with van der Waals surface area (Å²) in [5.41, 5.74) is -0.587. The maximum absolute atomic E-state index is 13.7. The highest BCUT2D eigenvalue weighted by molar-refractivity contribution is 7.91. The van der Waals surface area contributed by atoms with Crippen LogP contribution in [-0.2, 0) is 9.84 Å². The van der Waals surface area contributed by atoms with E-state index >= 15 is 0 Å². The standard InChI is InChI=1S/C14H17F3O3S/c1-21(19,20)10-4-2-3-8(5-10)14(18)13-11(16)6-9(15)7-12(13)17/h6-8,10,14,18H,2-5H2,1H3. The van der Waals surface area contributed by atoms with Crippen LogP contribution < -0.4 is 0 Å². The number of halogens is 3. The third-order valence-corrected chi connectivity index (χ3v) is 5.70. The molecule has 0 aliphatic heterocycles. The lowest BCUT2D eigenvalue weighted by molar-refractivity contribution is 0.0788. The molecule has 1 aromatic carbocycles. The van der Waals surface area contributed by atoms with Gasteiger partial charge in [0.1, 0.15) is 27.3 Å². The monoisotopic (exact) mass is 322 g/mol. The minimum Gasteiger partial charge on any atom is -0.388 e. The Kier molecular flexibility index (Phi) is 4.63. The van der Waals surface area contributed by atoms with Crippen molar-refractivity contribution >= 4 is 9.84 Å². The van der Waals surface area contributed by atoms with Gasteiger partial charge in [-0.05, 0) is 25.2 Å². The van der Waals surface area contributed by atoms with Crippen molar-refractivity contribution in [1.29, 1.82) is 0 Å². The Hall–Kier alpha value is -1.08. The number of sulfone groups is 1. The average Bonchev–Trinajstić information content (AvgIpc) is 2.36. The molecule has 0 saturated heterocycles. The number of aliphatic hydroxyl groups excluding tert-OH is 1. The van der Waals surface area contributed by atoms with Gasteiger partial charge < -0.3 is 5.11 Å². The van der Waals surface area contributed by atoms with Gasteiger partial charge in [0, 0.05) is 18.4 Å². The molecule has 3 atom stereocenters. The van der Waals surface area contributed by atoms with E-state index in [2.05, 4.69) is 0 Å². The lowest BCUT2D eigenvalue weighted by atomic mass is 9.82. The van der Waals surface area contributed by atoms with Gasteiger partial charge in [0.25, 0.3) is 0 Å². The predicted molar refractivity (Wildman–Crippen MR) is 71.9 cm³/mol. The van der Waals surface area contributed by atoms with E-state index in [0.717, 1.165) is 6.26 Å². The zero-order valence-electron chi connectivity index (χ0n) is 11.5. The number of hydrogen-bond donors (Lipinski definition) is 1. The second-order valence-electron chi connectivity index (χ2n) is 5.61. The third-order valence-electron chi connectivity index (χ3n) is 4.06. The number of rotatable bonds is 3. The van der Waals surface area contributed by atoms with Crippen LogP contribution in [0.25, 0.3) is 0 Å². The first-order valence-corrected chi connectivity index (χ1v) is 8.67. The van der Waals surface area contributed by atoms with Crippen LogP contribution in [0.4, 0.5) is 13.2 Å². The first kappa shape index (κ1) is 16.3. The van der Waals surface area contributed by atoms with E-state index in [1.807, 2.05) is 0 Å². The van der Waals surface area contributed by atoms with E-state index in [0.29, 0.717) is 31.4 Å². The van der Waals surface area contributed by atoms with Crippen LogP contribution in [-0.4, -0.2) is 25.0 Å². The van der Waals surface area contributed by atoms with E-state index in [4.69, 9.17) is 0 Å². The zero-order valence-corrected chi connectivity index (χ0v) is 12.3. The molecule has 1 fully saturated rings. The minimum absolute atomic E-state index is 0.149. The molecule has 0 heterocycles. The highest BCUT2D eigenvalue weighted by atomic mass is 32.2. The highest BCUT2D eigenvalue weighted by Crippen LogP contribution is 2.38. The smallest absolute Gasteiger partial charge is 0.150 e. The molecule has 0 bridgehead atoms. The molecule has 3 nitrogen and oxygen atoms in total. The molecule has 1 N–H and O–H groups in total. The molecule has 0 spiro atoms. The largest absolute Gasteiger partial charge is 0.388 e. The van der Waals surface area contributed by atoms with Gasteiger partial charge >= 0.3 is 0 Å². The predicted octanol–water partition coefficient (Wildman–Crippen LogP) is 2.74. The van der Waals surface area contributed by atoms with Gasteiger partial charge in [-0.25, -0.2) is 21.6 Å². The molecule has 7 heteroatoms. The highest BCUT2D eigenvalue weighted by Gasteiger charge is 2.35. The lowest BCUT2D eigenvalue weighted by Gasteiger charge is -2.31. The summed E-state index contributed by atoms with van der Waals surface area (Å²) in [5, 5.41) is 9.57. The summed E-state index contributed by atoms with van der Waals surface area (Å²) < 4.78 is 63.5. The topological polar surface area (TPSA) is 54.4 Å². The van der Waals surface area contributed by atoms with Crippen LogP contribution in [0.5, 0.6) is 0 Å². The third kappa shape index (κ3) is 3.58. The summed E-state index contributed by atoms with van der Waals surface area (Å²) in [4.78, 5) is 0. The Bertz CT molecular complexity index is 607. The summed E-state index contributed by atoms with van der Waals surface area (Å²) in [5.74, 6) is -3.92. The fraction of sp³-hybridized carbons (Fsp3) is 0.571. The fourth-order valence-corrected chi connectivity index (χ4v) is 4.12. The van der Waals surface area contributed by atoms with Gasteiger partial charge in [0.2, 0.25) is 0 Å². The van der Waals surface area contributed by atoms with Crippen LogP contribution in [0.15, 0.2) is 12.1 Å². The summed E-state index contributed by atoms with van der Waals surface area (Å²) in [6, 6.07) is 1.02. The van der Waals surface area contributed by atoms with Crippen molar-refractivity contribution in [2.45, 2.75) is 37.0 Å². The van der Waals surface area contributed by atoms with Crippen molar-refractivity contribution in [3.63, 3.8) is 0 Å². The minimum atomic E-state index is -3.26. The maximum Gasteiger partial charge on any atom is 0.150 e. The van der Waals surface area contributed by atoms with Gasteiger partial charge in [0.15, 0.2) is 0 Å². The lowest BCUT2D eigenvalue weighted by Crippen LogP contribution is -2.30.